The molecule has 0 aliphatic rings. The molecular formula is C8H14NNaO4S. The van der Waals surface area contributed by atoms with Crippen molar-refractivity contribution in [3.8, 4) is 0 Å². The van der Waals surface area contributed by atoms with Gasteiger partial charge < -0.3 is 9.87 Å². The van der Waals surface area contributed by atoms with Crippen molar-refractivity contribution in [1.82, 2.24) is 5.32 Å². The first-order valence-corrected chi connectivity index (χ1v) is 5.62. The van der Waals surface area contributed by atoms with Gasteiger partial charge in [0.05, 0.1) is 15.9 Å². The summed E-state index contributed by atoms with van der Waals surface area (Å²) in [5.74, 6) is -1.04. The molecule has 0 aliphatic heterocycles. The Morgan fingerprint density at radius 1 is 1.47 bits per heavy atom. The number of allylic oxidation sites excluding steroid dienone is 1. The van der Waals surface area contributed by atoms with Crippen LogP contribution < -0.4 is 34.9 Å². The number of carbonyl (C=O) groups is 1. The van der Waals surface area contributed by atoms with Crippen LogP contribution in [0.5, 0.6) is 0 Å². The maximum absolute atomic E-state index is 11.0. The minimum atomic E-state index is -4.33. The van der Waals surface area contributed by atoms with Gasteiger partial charge in [-0.05, 0) is 26.8 Å². The van der Waals surface area contributed by atoms with Crippen molar-refractivity contribution in [1.29, 1.82) is 0 Å². The fourth-order valence-electron chi connectivity index (χ4n) is 1.00. The molecule has 0 aromatic carbocycles. The molecule has 0 unspecified atom stereocenters. The first-order valence-electron chi connectivity index (χ1n) is 4.05. The van der Waals surface area contributed by atoms with Crippen LogP contribution in [0.3, 0.4) is 0 Å². The molecule has 0 bridgehead atoms. The van der Waals surface area contributed by atoms with Crippen LogP contribution in [0, 0.1) is 0 Å². The number of amides is 1. The number of hydrogen-bond donors (Lipinski definition) is 1. The van der Waals surface area contributed by atoms with Gasteiger partial charge in [-0.15, -0.1) is 0 Å². The van der Waals surface area contributed by atoms with E-state index in [1.54, 1.807) is 6.92 Å². The van der Waals surface area contributed by atoms with E-state index < -0.39 is 27.3 Å². The fraction of sp³-hybridized carbons (Fsp3) is 0.625. The molecule has 1 N–H and O–H groups in total. The topological polar surface area (TPSA) is 86.3 Å². The molecule has 0 fully saturated rings. The predicted molar refractivity (Wildman–Crippen MR) is 51.6 cm³/mol. The average molecular weight is 243 g/mol. The fourth-order valence-corrected chi connectivity index (χ4v) is 1.96. The van der Waals surface area contributed by atoms with Gasteiger partial charge in [0.25, 0.3) is 0 Å². The third-order valence-electron chi connectivity index (χ3n) is 1.32. The Hall–Kier alpha value is 0.120. The maximum atomic E-state index is 11.0. The zero-order valence-electron chi connectivity index (χ0n) is 9.40. The van der Waals surface area contributed by atoms with E-state index in [4.69, 9.17) is 0 Å². The van der Waals surface area contributed by atoms with E-state index in [0.29, 0.717) is 0 Å². The van der Waals surface area contributed by atoms with Crippen LogP contribution in [0.4, 0.5) is 0 Å². The van der Waals surface area contributed by atoms with Gasteiger partial charge in [-0.25, -0.2) is 8.42 Å². The molecule has 0 radical (unpaired) electrons. The third-order valence-corrected chi connectivity index (χ3v) is 2.39. The van der Waals surface area contributed by atoms with Crippen molar-refractivity contribution < 1.29 is 47.3 Å². The minimum Gasteiger partial charge on any atom is -0.748 e. The molecule has 7 heteroatoms. The standard InChI is InChI=1S/C8H15NO4S.Na/c1-4-5-7(10)9-8(2,3)6-14(11,12)13;/h4-5H,6H2,1-3H3,(H,9,10)(H,11,12,13);/q;+1/p-1/b5-4+;. The van der Waals surface area contributed by atoms with Crippen molar-refractivity contribution in [2.75, 3.05) is 5.75 Å². The first-order chi connectivity index (χ1) is 6.16. The zero-order chi connectivity index (χ0) is 11.4. The van der Waals surface area contributed by atoms with E-state index in [2.05, 4.69) is 5.32 Å². The summed E-state index contributed by atoms with van der Waals surface area (Å²) in [6, 6.07) is 0. The van der Waals surface area contributed by atoms with E-state index in [-0.39, 0.29) is 29.6 Å². The van der Waals surface area contributed by atoms with Gasteiger partial charge >= 0.3 is 29.6 Å². The average Bonchev–Trinajstić information content (AvgIpc) is 1.78. The molecule has 0 atom stereocenters. The van der Waals surface area contributed by atoms with Crippen LogP contribution in [-0.4, -0.2) is 30.2 Å². The zero-order valence-corrected chi connectivity index (χ0v) is 12.2. The van der Waals surface area contributed by atoms with E-state index in [9.17, 15) is 17.8 Å². The van der Waals surface area contributed by atoms with Crippen molar-refractivity contribution >= 4 is 16.0 Å². The monoisotopic (exact) mass is 243 g/mol. The summed E-state index contributed by atoms with van der Waals surface area (Å²) < 4.78 is 31.4. The van der Waals surface area contributed by atoms with Crippen molar-refractivity contribution in [3.63, 3.8) is 0 Å². The summed E-state index contributed by atoms with van der Waals surface area (Å²) >= 11 is 0. The molecule has 0 heterocycles. The van der Waals surface area contributed by atoms with Gasteiger partial charge in [0.2, 0.25) is 5.91 Å². The van der Waals surface area contributed by atoms with Gasteiger partial charge in [-0.2, -0.15) is 0 Å². The Kier molecular flexibility index (Phi) is 7.76. The van der Waals surface area contributed by atoms with E-state index >= 15 is 0 Å². The number of nitrogens with one attached hydrogen (secondary N) is 1. The minimum absolute atomic E-state index is 0. The summed E-state index contributed by atoms with van der Waals surface area (Å²) in [7, 11) is -4.33. The molecule has 0 aliphatic carbocycles. The molecule has 0 aromatic rings. The molecule has 15 heavy (non-hydrogen) atoms. The van der Waals surface area contributed by atoms with Crippen LogP contribution >= 0.6 is 0 Å². The van der Waals surface area contributed by atoms with E-state index in [1.165, 1.54) is 26.0 Å². The smallest absolute Gasteiger partial charge is 0.748 e. The quantitative estimate of drug-likeness (QED) is 0.324. The maximum Gasteiger partial charge on any atom is 1.00 e. The summed E-state index contributed by atoms with van der Waals surface area (Å²) in [4.78, 5) is 11.0. The summed E-state index contributed by atoms with van der Waals surface area (Å²) in [5, 5.41) is 2.41. The molecule has 5 nitrogen and oxygen atoms in total. The molecule has 1 amide bonds. The Bertz CT molecular complexity index is 335. The van der Waals surface area contributed by atoms with Gasteiger partial charge in [-0.1, -0.05) is 6.08 Å². The summed E-state index contributed by atoms with van der Waals surface area (Å²) in [5.41, 5.74) is -1.04. The Labute approximate surface area is 112 Å². The van der Waals surface area contributed by atoms with E-state index in [1.807, 2.05) is 0 Å². The normalized spacial score (nSPS) is 12.3. The molecular weight excluding hydrogens is 229 g/mol. The molecule has 0 saturated carbocycles. The van der Waals surface area contributed by atoms with Crippen LogP contribution in [0.1, 0.15) is 20.8 Å². The second-order valence-corrected chi connectivity index (χ2v) is 4.98. The van der Waals surface area contributed by atoms with Gasteiger partial charge in [-0.3, -0.25) is 4.79 Å². The Morgan fingerprint density at radius 3 is 2.27 bits per heavy atom. The molecule has 0 rings (SSSR count). The predicted octanol–water partition coefficient (Wildman–Crippen LogP) is -2.99. The number of hydrogen-bond acceptors (Lipinski definition) is 4. The van der Waals surface area contributed by atoms with Gasteiger partial charge in [0.15, 0.2) is 0 Å². The van der Waals surface area contributed by atoms with Crippen molar-refractivity contribution in [2.45, 2.75) is 26.3 Å². The molecule has 0 spiro atoms. The summed E-state index contributed by atoms with van der Waals surface area (Å²) in [6.07, 6.45) is 2.79. The van der Waals surface area contributed by atoms with Gasteiger partial charge in [0.1, 0.15) is 0 Å². The van der Waals surface area contributed by atoms with Crippen LogP contribution in [-0.2, 0) is 14.9 Å². The first kappa shape index (κ1) is 17.5. The molecule has 0 saturated heterocycles. The number of rotatable bonds is 4. The molecule has 0 aromatic heterocycles. The number of carbonyl (C=O) groups excluding carboxylic acids is 1. The van der Waals surface area contributed by atoms with Crippen LogP contribution in [0.2, 0.25) is 0 Å². The Morgan fingerprint density at radius 2 is 1.93 bits per heavy atom. The largest absolute Gasteiger partial charge is 1.00 e. The van der Waals surface area contributed by atoms with Crippen molar-refractivity contribution in [3.05, 3.63) is 12.2 Å². The Balaban J connectivity index is 0. The van der Waals surface area contributed by atoms with Gasteiger partial charge in [0, 0.05) is 5.54 Å². The SMILES string of the molecule is C/C=C/C(=O)NC(C)(C)CS(=O)(=O)[O-].[Na+]. The van der Waals surface area contributed by atoms with Crippen LogP contribution in [0.15, 0.2) is 12.2 Å². The molecule has 82 valence electrons. The third kappa shape index (κ3) is 10.4. The second-order valence-electron chi connectivity index (χ2n) is 3.58. The van der Waals surface area contributed by atoms with Crippen molar-refractivity contribution in [2.24, 2.45) is 0 Å². The second kappa shape index (κ2) is 6.65. The van der Waals surface area contributed by atoms with Crippen LogP contribution in [0.25, 0.3) is 0 Å². The summed E-state index contributed by atoms with van der Waals surface area (Å²) in [6.45, 7) is 4.62. The van der Waals surface area contributed by atoms with E-state index in [0.717, 1.165) is 0 Å².